The third kappa shape index (κ3) is 7.57. The van der Waals surface area contributed by atoms with Crippen LogP contribution in [0.3, 0.4) is 0 Å². The summed E-state index contributed by atoms with van der Waals surface area (Å²) in [5.74, 6) is 1.14. The lowest BCUT2D eigenvalue weighted by Gasteiger charge is -2.19. The lowest BCUT2D eigenvalue weighted by atomic mass is 9.88. The standard InChI is InChI=1S/C27H41NO3/c1-20-7-5-9-21(15-20)17-24(30)10-11-25-26-18-22(16-23(26)19-27(25)31)8-3-2-4-12-28-13-6-14-29/h5,7,9-11,15-16,23-31H,2-4,6,8,12-14,17-19H2,1H3/t23-,24+,25+,26-,27+/m0/s1. The third-order valence-corrected chi connectivity index (χ3v) is 6.90. The van der Waals surface area contributed by atoms with Crippen molar-refractivity contribution in [2.75, 3.05) is 19.7 Å². The van der Waals surface area contributed by atoms with Crippen LogP contribution < -0.4 is 5.32 Å². The van der Waals surface area contributed by atoms with Gasteiger partial charge in [0.1, 0.15) is 0 Å². The van der Waals surface area contributed by atoms with E-state index in [1.54, 1.807) is 5.57 Å². The SMILES string of the molecule is Cc1cccc(C[C@H](O)C=C[C@@H]2[C@H]3CC(CCCCCNCCCO)=C[C@H]3C[C@H]2O)c1. The normalized spacial score (nSPS) is 26.4. The van der Waals surface area contributed by atoms with Crippen molar-refractivity contribution in [3.05, 3.63) is 59.2 Å². The van der Waals surface area contributed by atoms with E-state index in [0.29, 0.717) is 18.3 Å². The lowest BCUT2D eigenvalue weighted by Crippen LogP contribution is -2.18. The van der Waals surface area contributed by atoms with Crippen LogP contribution in [0.15, 0.2) is 48.1 Å². The first-order valence-corrected chi connectivity index (χ1v) is 12.2. The van der Waals surface area contributed by atoms with Crippen molar-refractivity contribution in [1.29, 1.82) is 0 Å². The molecule has 0 heterocycles. The van der Waals surface area contributed by atoms with Gasteiger partial charge in [-0.15, -0.1) is 0 Å². The van der Waals surface area contributed by atoms with Crippen LogP contribution in [0.1, 0.15) is 56.1 Å². The number of hydrogen-bond donors (Lipinski definition) is 4. The molecule has 2 aliphatic rings. The largest absolute Gasteiger partial charge is 0.396 e. The van der Waals surface area contributed by atoms with Gasteiger partial charge in [-0.3, -0.25) is 0 Å². The highest BCUT2D eigenvalue weighted by Crippen LogP contribution is 2.48. The number of unbranched alkanes of at least 4 members (excludes halogenated alkanes) is 2. The molecule has 172 valence electrons. The maximum atomic E-state index is 10.6. The van der Waals surface area contributed by atoms with Crippen molar-refractivity contribution in [3.8, 4) is 0 Å². The molecule has 4 heteroatoms. The average molecular weight is 428 g/mol. The summed E-state index contributed by atoms with van der Waals surface area (Å²) in [6, 6.07) is 8.28. The zero-order chi connectivity index (χ0) is 22.1. The smallest absolute Gasteiger partial charge is 0.0761 e. The molecule has 0 aliphatic heterocycles. The molecule has 5 atom stereocenters. The number of fused-ring (bicyclic) bond motifs is 1. The van der Waals surface area contributed by atoms with Crippen molar-refractivity contribution in [3.63, 3.8) is 0 Å². The summed E-state index contributed by atoms with van der Waals surface area (Å²) in [6.07, 6.45) is 13.9. The molecule has 0 aromatic heterocycles. The van der Waals surface area contributed by atoms with Gasteiger partial charge in [-0.25, -0.2) is 0 Å². The number of aliphatic hydroxyl groups excluding tert-OH is 3. The molecule has 0 bridgehead atoms. The topological polar surface area (TPSA) is 72.7 Å². The second-order valence-electron chi connectivity index (χ2n) is 9.52. The first-order chi connectivity index (χ1) is 15.1. The highest BCUT2D eigenvalue weighted by Gasteiger charge is 2.43. The van der Waals surface area contributed by atoms with Crippen LogP contribution in [0.5, 0.6) is 0 Å². The Morgan fingerprint density at radius 1 is 1.16 bits per heavy atom. The van der Waals surface area contributed by atoms with Crippen molar-refractivity contribution in [2.45, 2.75) is 70.5 Å². The molecule has 0 saturated heterocycles. The van der Waals surface area contributed by atoms with E-state index < -0.39 is 6.10 Å². The zero-order valence-electron chi connectivity index (χ0n) is 19.0. The van der Waals surface area contributed by atoms with Gasteiger partial charge < -0.3 is 20.6 Å². The molecule has 1 aromatic carbocycles. The summed E-state index contributed by atoms with van der Waals surface area (Å²) in [6.45, 7) is 4.28. The van der Waals surface area contributed by atoms with Crippen LogP contribution in [0, 0.1) is 24.7 Å². The predicted octanol–water partition coefficient (Wildman–Crippen LogP) is 3.93. The Hall–Kier alpha value is -1.46. The Balaban J connectivity index is 1.39. The minimum atomic E-state index is -0.507. The summed E-state index contributed by atoms with van der Waals surface area (Å²) in [4.78, 5) is 0. The number of nitrogens with one attached hydrogen (secondary N) is 1. The molecule has 31 heavy (non-hydrogen) atoms. The Kier molecular flexibility index (Phi) is 9.79. The first kappa shape index (κ1) is 24.2. The zero-order valence-corrected chi connectivity index (χ0v) is 19.0. The molecule has 4 N–H and O–H groups in total. The van der Waals surface area contributed by atoms with E-state index in [2.05, 4.69) is 42.6 Å². The van der Waals surface area contributed by atoms with Crippen LogP contribution in [-0.2, 0) is 6.42 Å². The molecule has 3 rings (SSSR count). The Morgan fingerprint density at radius 3 is 2.81 bits per heavy atom. The van der Waals surface area contributed by atoms with Gasteiger partial charge in [0.25, 0.3) is 0 Å². The molecule has 1 fully saturated rings. The van der Waals surface area contributed by atoms with Crippen LogP contribution in [-0.4, -0.2) is 47.2 Å². The monoisotopic (exact) mass is 427 g/mol. The van der Waals surface area contributed by atoms with Crippen molar-refractivity contribution < 1.29 is 15.3 Å². The second kappa shape index (κ2) is 12.5. The van der Waals surface area contributed by atoms with E-state index in [1.165, 1.54) is 31.2 Å². The van der Waals surface area contributed by atoms with Gasteiger partial charge >= 0.3 is 0 Å². The van der Waals surface area contributed by atoms with E-state index in [0.717, 1.165) is 37.9 Å². The van der Waals surface area contributed by atoms with Crippen molar-refractivity contribution in [1.82, 2.24) is 5.32 Å². The number of benzene rings is 1. The fraction of sp³-hybridized carbons (Fsp3) is 0.630. The Bertz CT molecular complexity index is 729. The minimum absolute atomic E-state index is 0.154. The number of aliphatic hydroxyl groups is 3. The molecule has 0 amide bonds. The number of allylic oxidation sites excluding steroid dienone is 2. The molecular weight excluding hydrogens is 386 g/mol. The summed E-state index contributed by atoms with van der Waals surface area (Å²) in [5, 5.41) is 33.2. The highest BCUT2D eigenvalue weighted by atomic mass is 16.3. The predicted molar refractivity (Wildman–Crippen MR) is 127 cm³/mol. The first-order valence-electron chi connectivity index (χ1n) is 12.2. The van der Waals surface area contributed by atoms with E-state index in [-0.39, 0.29) is 18.6 Å². The van der Waals surface area contributed by atoms with Gasteiger partial charge in [-0.2, -0.15) is 0 Å². The van der Waals surface area contributed by atoms with Crippen LogP contribution in [0.25, 0.3) is 0 Å². The fourth-order valence-electron chi connectivity index (χ4n) is 5.30. The summed E-state index contributed by atoms with van der Waals surface area (Å²) in [5.41, 5.74) is 3.93. The van der Waals surface area contributed by atoms with Crippen LogP contribution in [0.2, 0.25) is 0 Å². The van der Waals surface area contributed by atoms with Gasteiger partial charge in [0.05, 0.1) is 12.2 Å². The molecule has 2 aliphatic carbocycles. The van der Waals surface area contributed by atoms with Crippen LogP contribution in [0.4, 0.5) is 0 Å². The van der Waals surface area contributed by atoms with Gasteiger partial charge in [-0.1, -0.05) is 60.1 Å². The van der Waals surface area contributed by atoms with Gasteiger partial charge in [0.15, 0.2) is 0 Å². The molecule has 4 nitrogen and oxygen atoms in total. The molecule has 0 unspecified atom stereocenters. The molecule has 0 radical (unpaired) electrons. The Morgan fingerprint density at radius 2 is 2.00 bits per heavy atom. The van der Waals surface area contributed by atoms with Gasteiger partial charge in [-0.05, 0) is 75.9 Å². The van der Waals surface area contributed by atoms with Gasteiger partial charge in [0, 0.05) is 18.9 Å². The Labute approximate surface area is 188 Å². The lowest BCUT2D eigenvalue weighted by molar-refractivity contribution is 0.140. The summed E-state index contributed by atoms with van der Waals surface area (Å²) in [7, 11) is 0. The van der Waals surface area contributed by atoms with E-state index in [9.17, 15) is 10.2 Å². The van der Waals surface area contributed by atoms with E-state index >= 15 is 0 Å². The van der Waals surface area contributed by atoms with E-state index in [1.807, 2.05) is 12.1 Å². The van der Waals surface area contributed by atoms with Crippen molar-refractivity contribution >= 4 is 0 Å². The maximum Gasteiger partial charge on any atom is 0.0761 e. The molecule has 1 aromatic rings. The third-order valence-electron chi connectivity index (χ3n) is 6.90. The van der Waals surface area contributed by atoms with E-state index in [4.69, 9.17) is 5.11 Å². The summed E-state index contributed by atoms with van der Waals surface area (Å²) >= 11 is 0. The number of aryl methyl sites for hydroxylation is 1. The molecule has 0 spiro atoms. The summed E-state index contributed by atoms with van der Waals surface area (Å²) < 4.78 is 0. The minimum Gasteiger partial charge on any atom is -0.396 e. The number of hydrogen-bond acceptors (Lipinski definition) is 4. The highest BCUT2D eigenvalue weighted by molar-refractivity contribution is 5.24. The maximum absolute atomic E-state index is 10.6. The van der Waals surface area contributed by atoms with Crippen LogP contribution >= 0.6 is 0 Å². The molecular formula is C27H41NO3. The average Bonchev–Trinajstić information content (AvgIpc) is 3.24. The van der Waals surface area contributed by atoms with Gasteiger partial charge in [0.2, 0.25) is 0 Å². The second-order valence-corrected chi connectivity index (χ2v) is 9.52. The molecule has 1 saturated carbocycles. The quantitative estimate of drug-likeness (QED) is 0.284. The number of rotatable bonds is 13. The fourth-order valence-corrected chi connectivity index (χ4v) is 5.30. The van der Waals surface area contributed by atoms with Crippen molar-refractivity contribution in [2.24, 2.45) is 17.8 Å².